The van der Waals surface area contributed by atoms with Gasteiger partial charge in [0.2, 0.25) is 0 Å². The Bertz CT molecular complexity index is 993. The van der Waals surface area contributed by atoms with Gasteiger partial charge in [-0.2, -0.15) is 0 Å². The zero-order valence-electron chi connectivity index (χ0n) is 12.9. The van der Waals surface area contributed by atoms with E-state index < -0.39 is 80.4 Å². The summed E-state index contributed by atoms with van der Waals surface area (Å²) < 4.78 is 138. The maximum atomic E-state index is 14.2. The Kier molecular flexibility index (Phi) is 5.90. The fraction of sp³-hybridized carbons (Fsp3) is 0. The van der Waals surface area contributed by atoms with Crippen molar-refractivity contribution < 1.29 is 43.9 Å². The Morgan fingerprint density at radius 3 is 0.862 bits per heavy atom. The van der Waals surface area contributed by atoms with Crippen LogP contribution in [0.25, 0.3) is 20.9 Å². The van der Waals surface area contributed by atoms with Crippen LogP contribution in [0.15, 0.2) is 8.26 Å². The first-order chi connectivity index (χ1) is 13.5. The van der Waals surface area contributed by atoms with Crippen molar-refractivity contribution in [2.24, 2.45) is 8.26 Å². The molecule has 0 atom stereocenters. The molecule has 0 amide bonds. The Labute approximate surface area is 154 Å². The second-order valence-electron chi connectivity index (χ2n) is 4.69. The summed E-state index contributed by atoms with van der Waals surface area (Å²) in [6.07, 6.45) is 0. The molecule has 0 radical (unpaired) electrons. The van der Waals surface area contributed by atoms with E-state index in [0.29, 0.717) is 0 Å². The second kappa shape index (κ2) is 7.72. The van der Waals surface area contributed by atoms with Gasteiger partial charge >= 0.3 is 153 Å². The van der Waals surface area contributed by atoms with Crippen molar-refractivity contribution in [2.75, 3.05) is 0 Å². The fourth-order valence-corrected chi connectivity index (χ4v) is 6.53. The molecule has 0 fully saturated rings. The van der Waals surface area contributed by atoms with Crippen molar-refractivity contribution in [3.05, 3.63) is 79.1 Å². The number of azide groups is 1. The molecule has 0 N–H and O–H groups in total. The molecule has 2 rings (SSSR count). The van der Waals surface area contributed by atoms with Crippen LogP contribution in [0.2, 0.25) is 0 Å². The minimum atomic E-state index is -6.52. The van der Waals surface area contributed by atoms with Gasteiger partial charge < -0.3 is 0 Å². The van der Waals surface area contributed by atoms with Crippen LogP contribution in [-0.2, 0) is 0 Å². The van der Waals surface area contributed by atoms with Crippen LogP contribution in [0.5, 0.6) is 0 Å². The van der Waals surface area contributed by atoms with Crippen LogP contribution in [0.3, 0.4) is 0 Å². The molecule has 154 valence electrons. The number of nitrogens with zero attached hydrogens (tertiary/aromatic N) is 6. The monoisotopic (exact) mass is 498 g/mol. The number of rotatable bonds is 4. The van der Waals surface area contributed by atoms with E-state index >= 15 is 0 Å². The van der Waals surface area contributed by atoms with Gasteiger partial charge in [0.25, 0.3) is 0 Å². The summed E-state index contributed by atoms with van der Waals surface area (Å²) in [7, 11) is 0. The number of hydrogen-bond donors (Lipinski definition) is 0. The quantitative estimate of drug-likeness (QED) is 0.115. The van der Waals surface area contributed by atoms with E-state index in [1.165, 1.54) is 0 Å². The van der Waals surface area contributed by atoms with Crippen LogP contribution >= 0.6 is 0 Å². The fourth-order valence-electron chi connectivity index (χ4n) is 2.06. The molecule has 0 saturated carbocycles. The Morgan fingerprint density at radius 1 is 0.448 bits per heavy atom. The topological polar surface area (TPSA) is 97.5 Å². The van der Waals surface area contributed by atoms with Gasteiger partial charge in [-0.25, -0.2) is 0 Å². The molecule has 0 unspecified atom stereocenters. The zero-order chi connectivity index (χ0) is 22.3. The molecule has 2 aromatic carbocycles. The van der Waals surface area contributed by atoms with E-state index in [9.17, 15) is 43.9 Å². The van der Waals surface area contributed by atoms with Crippen molar-refractivity contribution in [1.29, 1.82) is 0 Å². The van der Waals surface area contributed by atoms with E-state index in [1.807, 2.05) is 9.82 Å². The predicted octanol–water partition coefficient (Wildman–Crippen LogP) is 4.25. The summed E-state index contributed by atoms with van der Waals surface area (Å²) in [4.78, 5) is 3.79. The van der Waals surface area contributed by atoms with Gasteiger partial charge in [0, 0.05) is 0 Å². The average Bonchev–Trinajstić information content (AvgIpc) is 2.68. The van der Waals surface area contributed by atoms with Crippen molar-refractivity contribution in [3.8, 4) is 0 Å². The molecule has 6 nitrogen and oxygen atoms in total. The standard InChI is InChI=1S/C12F10N6Se/c13-1-3(15)7(19)11(8(20)4(1)16)29(27-25-23,28-26-24)12-9(21)5(17)2(14)6(18)10(12)22. The third-order valence-corrected chi connectivity index (χ3v) is 8.41. The van der Waals surface area contributed by atoms with Gasteiger partial charge in [-0.05, 0) is 0 Å². The van der Waals surface area contributed by atoms with Crippen LogP contribution < -0.4 is 8.92 Å². The maximum absolute atomic E-state index is 14.2. The summed E-state index contributed by atoms with van der Waals surface area (Å²) in [6.45, 7) is 0. The number of halogens is 10. The molecule has 0 heterocycles. The van der Waals surface area contributed by atoms with Crippen molar-refractivity contribution in [3.63, 3.8) is 0 Å². The van der Waals surface area contributed by atoms with Crippen molar-refractivity contribution in [1.82, 2.24) is 0 Å². The van der Waals surface area contributed by atoms with Crippen LogP contribution in [0.4, 0.5) is 43.9 Å². The molecule has 0 spiro atoms. The van der Waals surface area contributed by atoms with Crippen molar-refractivity contribution >= 4 is 22.2 Å². The minimum absolute atomic E-state index is 1.89. The first-order valence-corrected chi connectivity index (χ1v) is 9.71. The molecular formula is C12F10N6Se. The molecule has 0 aromatic heterocycles. The van der Waals surface area contributed by atoms with E-state index in [-0.39, 0.29) is 0 Å². The van der Waals surface area contributed by atoms with Gasteiger partial charge in [-0.15, -0.1) is 0 Å². The van der Waals surface area contributed by atoms with E-state index in [0.717, 1.165) is 0 Å². The zero-order valence-corrected chi connectivity index (χ0v) is 14.6. The number of hydrogen-bond acceptors (Lipinski definition) is 2. The second-order valence-corrected chi connectivity index (χ2v) is 9.39. The van der Waals surface area contributed by atoms with Gasteiger partial charge in [0.05, 0.1) is 0 Å². The summed E-state index contributed by atoms with van der Waals surface area (Å²) in [5.74, 6) is -27.8. The molecular weight excluding hydrogens is 497 g/mol. The molecule has 0 bridgehead atoms. The normalized spacial score (nSPS) is 11.7. The Morgan fingerprint density at radius 2 is 0.655 bits per heavy atom. The van der Waals surface area contributed by atoms with E-state index in [1.54, 1.807) is 0 Å². The summed E-state index contributed by atoms with van der Waals surface area (Å²) in [6, 6.07) is 0. The van der Waals surface area contributed by atoms with Gasteiger partial charge in [-0.3, -0.25) is 0 Å². The average molecular weight is 497 g/mol. The molecule has 0 saturated heterocycles. The van der Waals surface area contributed by atoms with Crippen LogP contribution in [0, 0.1) is 58.2 Å². The predicted molar refractivity (Wildman–Crippen MR) is 75.8 cm³/mol. The number of benzene rings is 2. The Hall–Kier alpha value is -3.12. The first kappa shape index (κ1) is 22.2. The van der Waals surface area contributed by atoms with Gasteiger partial charge in [0.1, 0.15) is 0 Å². The molecule has 0 aliphatic rings. The summed E-state index contributed by atoms with van der Waals surface area (Å²) in [5.41, 5.74) is 17.2. The third kappa shape index (κ3) is 3.09. The van der Waals surface area contributed by atoms with Crippen LogP contribution in [-0.4, -0.2) is 13.3 Å². The SMILES string of the molecule is [N-]=[N+]=N[Se](N=[N+]=[N-])(c1c(F)c(F)c(F)c(F)c1F)c1c(F)c(F)c(F)c(F)c1F. The van der Waals surface area contributed by atoms with Gasteiger partial charge in [0.15, 0.2) is 0 Å². The summed E-state index contributed by atoms with van der Waals surface area (Å²) >= 11 is -6.52. The molecule has 2 aromatic rings. The van der Waals surface area contributed by atoms with E-state index in [2.05, 4.69) is 8.26 Å². The first-order valence-electron chi connectivity index (χ1n) is 6.46. The van der Waals surface area contributed by atoms with Crippen molar-refractivity contribution in [2.45, 2.75) is 0 Å². The summed E-state index contributed by atoms with van der Waals surface area (Å²) in [5, 5.41) is 0. The third-order valence-electron chi connectivity index (χ3n) is 3.22. The van der Waals surface area contributed by atoms with Crippen LogP contribution in [0.1, 0.15) is 0 Å². The molecule has 29 heavy (non-hydrogen) atoms. The molecule has 17 heteroatoms. The van der Waals surface area contributed by atoms with Gasteiger partial charge in [-0.1, -0.05) is 0 Å². The molecule has 0 aliphatic carbocycles. The van der Waals surface area contributed by atoms with E-state index in [4.69, 9.17) is 11.1 Å². The Balaban J connectivity index is 3.28. The molecule has 0 aliphatic heterocycles.